The van der Waals surface area contributed by atoms with Gasteiger partial charge in [0.2, 0.25) is 0 Å². The fraction of sp³-hybridized carbons (Fsp3) is 0.250. The molecule has 4 rings (SSSR count). The third kappa shape index (κ3) is 4.77. The summed E-state index contributed by atoms with van der Waals surface area (Å²) in [5, 5.41) is 2.83. The number of benzene rings is 2. The Labute approximate surface area is 186 Å². The summed E-state index contributed by atoms with van der Waals surface area (Å²) in [6, 6.07) is 17.1. The molecule has 0 bridgehead atoms. The van der Waals surface area contributed by atoms with Crippen molar-refractivity contribution in [2.24, 2.45) is 4.99 Å². The molecule has 2 aliphatic rings. The quantitative estimate of drug-likeness (QED) is 0.433. The average Bonchev–Trinajstić information content (AvgIpc) is 3.25. The van der Waals surface area contributed by atoms with Crippen molar-refractivity contribution >= 4 is 22.9 Å². The molecular weight excluding hydrogens is 412 g/mol. The van der Waals surface area contributed by atoms with Crippen molar-refractivity contribution in [3.8, 4) is 11.5 Å². The van der Waals surface area contributed by atoms with Gasteiger partial charge in [0, 0.05) is 6.20 Å². The highest BCUT2D eigenvalue weighted by molar-refractivity contribution is 8.16. The Morgan fingerprint density at radius 1 is 1.03 bits per heavy atom. The van der Waals surface area contributed by atoms with Gasteiger partial charge in [-0.3, -0.25) is 0 Å². The average molecular weight is 437 g/mol. The SMILES string of the molecule is CCOC(=O)C1=C(C)N=C2SC=CN2C1c1ccc(OCCOc2ccccc2)cc1. The lowest BCUT2D eigenvalue weighted by Crippen LogP contribution is -2.34. The standard InChI is InChI=1S/C24H24N2O4S/c1-3-28-23(27)21-17(2)25-24-26(13-16-31-24)22(21)18-9-11-20(12-10-18)30-15-14-29-19-7-5-4-6-8-19/h4-13,16,22H,3,14-15H2,1-2H3. The number of carbonyl (C=O) groups is 1. The largest absolute Gasteiger partial charge is 0.490 e. The number of nitrogens with zero attached hydrogens (tertiary/aromatic N) is 2. The molecule has 0 spiro atoms. The summed E-state index contributed by atoms with van der Waals surface area (Å²) in [6.45, 7) is 4.87. The molecule has 7 heteroatoms. The van der Waals surface area contributed by atoms with Crippen LogP contribution < -0.4 is 9.47 Å². The van der Waals surface area contributed by atoms with E-state index >= 15 is 0 Å². The van der Waals surface area contributed by atoms with Crippen LogP contribution in [0, 0.1) is 0 Å². The van der Waals surface area contributed by atoms with Crippen molar-refractivity contribution in [1.29, 1.82) is 0 Å². The third-order valence-electron chi connectivity index (χ3n) is 4.88. The van der Waals surface area contributed by atoms with Gasteiger partial charge in [0.1, 0.15) is 24.7 Å². The number of fused-ring (bicyclic) bond motifs is 1. The summed E-state index contributed by atoms with van der Waals surface area (Å²) in [5.74, 6) is 1.23. The summed E-state index contributed by atoms with van der Waals surface area (Å²) in [4.78, 5) is 19.3. The molecule has 0 aliphatic carbocycles. The van der Waals surface area contributed by atoms with Crippen LogP contribution in [0.4, 0.5) is 0 Å². The van der Waals surface area contributed by atoms with E-state index in [1.807, 2.05) is 78.0 Å². The molecule has 0 aromatic heterocycles. The number of hydrogen-bond acceptors (Lipinski definition) is 7. The first-order chi connectivity index (χ1) is 15.2. The highest BCUT2D eigenvalue weighted by atomic mass is 32.2. The molecule has 0 saturated heterocycles. The molecule has 1 unspecified atom stereocenters. The van der Waals surface area contributed by atoms with Gasteiger partial charge in [-0.05, 0) is 49.1 Å². The second-order valence-electron chi connectivity index (χ2n) is 6.91. The monoisotopic (exact) mass is 436 g/mol. The summed E-state index contributed by atoms with van der Waals surface area (Å²) in [5.41, 5.74) is 2.21. The first-order valence-electron chi connectivity index (χ1n) is 10.2. The van der Waals surface area contributed by atoms with Gasteiger partial charge in [-0.25, -0.2) is 9.79 Å². The van der Waals surface area contributed by atoms with Crippen LogP contribution in [-0.4, -0.2) is 35.9 Å². The molecule has 160 valence electrons. The molecule has 2 aromatic carbocycles. The number of rotatable bonds is 8. The molecule has 2 heterocycles. The van der Waals surface area contributed by atoms with Gasteiger partial charge in [0.05, 0.1) is 23.9 Å². The maximum atomic E-state index is 12.7. The zero-order valence-corrected chi connectivity index (χ0v) is 18.3. The van der Waals surface area contributed by atoms with Crippen LogP contribution in [-0.2, 0) is 9.53 Å². The highest BCUT2D eigenvalue weighted by Gasteiger charge is 2.37. The van der Waals surface area contributed by atoms with Crippen LogP contribution in [0.3, 0.4) is 0 Å². The predicted octanol–water partition coefficient (Wildman–Crippen LogP) is 4.91. The van der Waals surface area contributed by atoms with E-state index in [1.54, 1.807) is 18.7 Å². The second-order valence-corrected chi connectivity index (χ2v) is 7.78. The van der Waals surface area contributed by atoms with E-state index < -0.39 is 0 Å². The highest BCUT2D eigenvalue weighted by Crippen LogP contribution is 2.41. The zero-order valence-electron chi connectivity index (χ0n) is 17.5. The molecule has 1 atom stereocenters. The Morgan fingerprint density at radius 3 is 2.39 bits per heavy atom. The number of thioether (sulfide) groups is 1. The predicted molar refractivity (Wildman–Crippen MR) is 122 cm³/mol. The van der Waals surface area contributed by atoms with Gasteiger partial charge in [-0.1, -0.05) is 42.1 Å². The fourth-order valence-corrected chi connectivity index (χ4v) is 4.27. The Balaban J connectivity index is 1.45. The van der Waals surface area contributed by atoms with Crippen LogP contribution in [0.1, 0.15) is 25.5 Å². The minimum Gasteiger partial charge on any atom is -0.490 e. The number of para-hydroxylation sites is 1. The lowest BCUT2D eigenvalue weighted by molar-refractivity contribution is -0.139. The number of esters is 1. The van der Waals surface area contributed by atoms with E-state index in [1.165, 1.54) is 0 Å². The van der Waals surface area contributed by atoms with Crippen molar-refractivity contribution in [3.63, 3.8) is 0 Å². The number of ether oxygens (including phenoxy) is 3. The second kappa shape index (κ2) is 9.75. The normalized spacial score (nSPS) is 17.3. The van der Waals surface area contributed by atoms with Crippen molar-refractivity contribution in [2.45, 2.75) is 19.9 Å². The van der Waals surface area contributed by atoms with Crippen molar-refractivity contribution in [1.82, 2.24) is 4.90 Å². The minimum atomic E-state index is -0.337. The van der Waals surface area contributed by atoms with Gasteiger partial charge < -0.3 is 19.1 Å². The molecule has 0 radical (unpaired) electrons. The molecule has 2 aliphatic heterocycles. The fourth-order valence-electron chi connectivity index (χ4n) is 3.48. The Morgan fingerprint density at radius 2 is 1.71 bits per heavy atom. The Hall–Kier alpha value is -3.19. The van der Waals surface area contributed by atoms with E-state index in [0.717, 1.165) is 22.2 Å². The summed E-state index contributed by atoms with van der Waals surface area (Å²) >= 11 is 1.54. The number of hydrogen-bond donors (Lipinski definition) is 0. The van der Waals surface area contributed by atoms with Crippen LogP contribution >= 0.6 is 11.8 Å². The van der Waals surface area contributed by atoms with Crippen molar-refractivity contribution in [2.75, 3.05) is 19.8 Å². The summed E-state index contributed by atoms with van der Waals surface area (Å²) in [7, 11) is 0. The summed E-state index contributed by atoms with van der Waals surface area (Å²) < 4.78 is 16.8. The van der Waals surface area contributed by atoms with Gasteiger partial charge >= 0.3 is 5.97 Å². The molecule has 0 N–H and O–H groups in total. The molecule has 0 fully saturated rings. The maximum absolute atomic E-state index is 12.7. The van der Waals surface area contributed by atoms with E-state index in [4.69, 9.17) is 14.2 Å². The molecule has 0 amide bonds. The lowest BCUT2D eigenvalue weighted by Gasteiger charge is -2.33. The minimum absolute atomic E-state index is 0.284. The van der Waals surface area contributed by atoms with Gasteiger partial charge in [-0.15, -0.1) is 0 Å². The number of carbonyl (C=O) groups excluding carboxylic acids is 1. The van der Waals surface area contributed by atoms with Crippen LogP contribution in [0.25, 0.3) is 0 Å². The van der Waals surface area contributed by atoms with Gasteiger partial charge in [0.15, 0.2) is 5.17 Å². The topological polar surface area (TPSA) is 60.4 Å². The number of amidine groups is 1. The van der Waals surface area contributed by atoms with Crippen LogP contribution in [0.2, 0.25) is 0 Å². The Kier molecular flexibility index (Phi) is 6.62. The molecule has 2 aromatic rings. The van der Waals surface area contributed by atoms with Gasteiger partial charge in [-0.2, -0.15) is 0 Å². The first-order valence-corrected chi connectivity index (χ1v) is 11.0. The third-order valence-corrected chi connectivity index (χ3v) is 5.65. The smallest absolute Gasteiger partial charge is 0.338 e. The van der Waals surface area contributed by atoms with E-state index in [-0.39, 0.29) is 12.0 Å². The molecule has 31 heavy (non-hydrogen) atoms. The van der Waals surface area contributed by atoms with Crippen molar-refractivity contribution in [3.05, 3.63) is 83.0 Å². The maximum Gasteiger partial charge on any atom is 0.338 e. The van der Waals surface area contributed by atoms with E-state index in [2.05, 4.69) is 4.99 Å². The Bertz CT molecular complexity index is 1020. The van der Waals surface area contributed by atoms with E-state index in [0.29, 0.717) is 31.1 Å². The lowest BCUT2D eigenvalue weighted by atomic mass is 9.95. The van der Waals surface area contributed by atoms with E-state index in [9.17, 15) is 4.79 Å². The zero-order chi connectivity index (χ0) is 21.6. The molecule has 0 saturated carbocycles. The number of aliphatic imine (C=N–C) groups is 1. The molecule has 6 nitrogen and oxygen atoms in total. The number of allylic oxidation sites excluding steroid dienone is 1. The van der Waals surface area contributed by atoms with Crippen LogP contribution in [0.15, 0.2) is 82.5 Å². The van der Waals surface area contributed by atoms with Gasteiger partial charge in [0.25, 0.3) is 0 Å². The molecular formula is C24H24N2O4S. The van der Waals surface area contributed by atoms with Crippen molar-refractivity contribution < 1.29 is 19.0 Å². The summed E-state index contributed by atoms with van der Waals surface area (Å²) in [6.07, 6.45) is 1.95. The first kappa shape index (κ1) is 21.1. The van der Waals surface area contributed by atoms with Crippen LogP contribution in [0.5, 0.6) is 11.5 Å².